The second-order valence-electron chi connectivity index (χ2n) is 7.73. The van der Waals surface area contributed by atoms with E-state index in [0.717, 1.165) is 11.0 Å². The smallest absolute Gasteiger partial charge is 0.261 e. The number of carbonyl (C=O) groups excluding carboxylic acids is 3. The molecule has 10 nitrogen and oxygen atoms in total. The highest BCUT2D eigenvalue weighted by molar-refractivity contribution is 7.89. The van der Waals surface area contributed by atoms with Gasteiger partial charge in [0, 0.05) is 42.8 Å². The summed E-state index contributed by atoms with van der Waals surface area (Å²) in [6.07, 6.45) is 0. The summed E-state index contributed by atoms with van der Waals surface area (Å²) in [5.41, 5.74) is 0.379. The number of carbonyl (C=O) groups is 3. The van der Waals surface area contributed by atoms with Gasteiger partial charge < -0.3 is 10.3 Å². The summed E-state index contributed by atoms with van der Waals surface area (Å²) in [5, 5.41) is 2.87. The Kier molecular flexibility index (Phi) is 5.84. The Morgan fingerprint density at radius 1 is 0.971 bits per heavy atom. The standard InChI is InChI=1S/C23H22N4O6S/c1-4-27(5-2)34(32,33)14-7-9-19-16(11-14)17(12-20(28)25-19)21(29)24-13-6-8-15-18(10-13)23(31)26(3)22(15)30/h6-12H,4-5H2,1-3H3,(H,24,29)(H,25,28). The predicted octanol–water partition coefficient (Wildman–Crippen LogP) is 2.04. The van der Waals surface area contributed by atoms with Gasteiger partial charge in [0.2, 0.25) is 15.6 Å². The lowest BCUT2D eigenvalue weighted by atomic mass is 10.1. The lowest BCUT2D eigenvalue weighted by molar-refractivity contribution is 0.0692. The van der Waals surface area contributed by atoms with Crippen LogP contribution in [0.25, 0.3) is 10.9 Å². The number of hydrogen-bond donors (Lipinski definition) is 2. The Morgan fingerprint density at radius 2 is 1.65 bits per heavy atom. The van der Waals surface area contributed by atoms with E-state index in [1.165, 1.54) is 47.8 Å². The minimum Gasteiger partial charge on any atom is -0.322 e. The molecule has 0 atom stereocenters. The topological polar surface area (TPSA) is 137 Å². The van der Waals surface area contributed by atoms with Crippen molar-refractivity contribution in [2.75, 3.05) is 25.5 Å². The molecule has 0 spiro atoms. The Morgan fingerprint density at radius 3 is 2.32 bits per heavy atom. The van der Waals surface area contributed by atoms with Crippen molar-refractivity contribution in [3.63, 3.8) is 0 Å². The number of nitrogens with zero attached hydrogens (tertiary/aromatic N) is 2. The summed E-state index contributed by atoms with van der Waals surface area (Å²) in [7, 11) is -2.42. The Hall–Kier alpha value is -3.83. The third-order valence-electron chi connectivity index (χ3n) is 5.75. The van der Waals surface area contributed by atoms with E-state index >= 15 is 0 Å². The number of sulfonamides is 1. The highest BCUT2D eigenvalue weighted by Crippen LogP contribution is 2.26. The number of anilines is 1. The number of rotatable bonds is 6. The highest BCUT2D eigenvalue weighted by Gasteiger charge is 2.33. The van der Waals surface area contributed by atoms with Crippen LogP contribution in [0.15, 0.2) is 52.2 Å². The first-order valence-electron chi connectivity index (χ1n) is 10.5. The molecule has 176 valence electrons. The molecule has 2 heterocycles. The molecule has 4 rings (SSSR count). The maximum atomic E-state index is 13.1. The summed E-state index contributed by atoms with van der Waals surface area (Å²) < 4.78 is 27.2. The summed E-state index contributed by atoms with van der Waals surface area (Å²) in [4.78, 5) is 53.2. The van der Waals surface area contributed by atoms with E-state index in [2.05, 4.69) is 10.3 Å². The van der Waals surface area contributed by atoms with Crippen molar-refractivity contribution in [2.45, 2.75) is 18.7 Å². The van der Waals surface area contributed by atoms with Crippen LogP contribution in [0.5, 0.6) is 0 Å². The third kappa shape index (κ3) is 3.78. The van der Waals surface area contributed by atoms with Gasteiger partial charge in [-0.3, -0.25) is 24.1 Å². The van der Waals surface area contributed by atoms with Gasteiger partial charge in [-0.05, 0) is 36.4 Å². The van der Waals surface area contributed by atoms with Crippen LogP contribution in [0.1, 0.15) is 44.9 Å². The molecule has 0 bridgehead atoms. The number of imide groups is 1. The van der Waals surface area contributed by atoms with E-state index in [1.54, 1.807) is 13.8 Å². The van der Waals surface area contributed by atoms with E-state index in [9.17, 15) is 27.6 Å². The van der Waals surface area contributed by atoms with Crippen LogP contribution in [0, 0.1) is 0 Å². The fourth-order valence-corrected chi connectivity index (χ4v) is 5.42. The summed E-state index contributed by atoms with van der Waals surface area (Å²) in [6.45, 7) is 4.02. The zero-order valence-electron chi connectivity index (χ0n) is 18.7. The second kappa shape index (κ2) is 8.50. The SMILES string of the molecule is CCN(CC)S(=O)(=O)c1ccc2[nH]c(=O)cc(C(=O)Nc3ccc4c(c3)C(=O)N(C)C4=O)c2c1. The number of amides is 3. The Labute approximate surface area is 195 Å². The van der Waals surface area contributed by atoms with Crippen LogP contribution in [-0.4, -0.2) is 60.5 Å². The van der Waals surface area contributed by atoms with Gasteiger partial charge in [0.05, 0.1) is 21.6 Å². The van der Waals surface area contributed by atoms with Crippen LogP contribution in [0.3, 0.4) is 0 Å². The zero-order chi connectivity index (χ0) is 24.8. The molecule has 0 saturated carbocycles. The van der Waals surface area contributed by atoms with E-state index < -0.39 is 33.3 Å². The van der Waals surface area contributed by atoms with Gasteiger partial charge in [-0.25, -0.2) is 8.42 Å². The van der Waals surface area contributed by atoms with E-state index in [0.29, 0.717) is 5.52 Å². The van der Waals surface area contributed by atoms with E-state index in [4.69, 9.17) is 0 Å². The first kappa shape index (κ1) is 23.3. The molecule has 1 aliphatic heterocycles. The molecule has 0 fully saturated rings. The van der Waals surface area contributed by atoms with Crippen LogP contribution >= 0.6 is 0 Å². The van der Waals surface area contributed by atoms with Crippen LogP contribution < -0.4 is 10.9 Å². The molecule has 0 saturated heterocycles. The largest absolute Gasteiger partial charge is 0.322 e. The molecule has 0 radical (unpaired) electrons. The number of aromatic nitrogens is 1. The van der Waals surface area contributed by atoms with Gasteiger partial charge in [-0.1, -0.05) is 13.8 Å². The molecule has 1 aliphatic rings. The molecule has 2 aromatic carbocycles. The maximum Gasteiger partial charge on any atom is 0.261 e. The number of fused-ring (bicyclic) bond motifs is 2. The van der Waals surface area contributed by atoms with Crippen molar-refractivity contribution in [1.29, 1.82) is 0 Å². The normalized spacial score (nSPS) is 13.6. The fourth-order valence-electron chi connectivity index (χ4n) is 3.93. The summed E-state index contributed by atoms with van der Waals surface area (Å²) in [5.74, 6) is -1.58. The Bertz CT molecular complexity index is 1520. The third-order valence-corrected chi connectivity index (χ3v) is 7.80. The van der Waals surface area contributed by atoms with Crippen molar-refractivity contribution >= 4 is 44.3 Å². The average Bonchev–Trinajstić information content (AvgIpc) is 3.02. The highest BCUT2D eigenvalue weighted by atomic mass is 32.2. The van der Waals surface area contributed by atoms with Gasteiger partial charge in [-0.15, -0.1) is 0 Å². The summed E-state index contributed by atoms with van der Waals surface area (Å²) in [6, 6.07) is 9.58. The number of benzene rings is 2. The predicted molar refractivity (Wildman–Crippen MR) is 125 cm³/mol. The van der Waals surface area contributed by atoms with Crippen molar-refractivity contribution in [2.24, 2.45) is 0 Å². The fraction of sp³-hybridized carbons (Fsp3) is 0.217. The number of aromatic amines is 1. The lowest BCUT2D eigenvalue weighted by Crippen LogP contribution is -2.30. The van der Waals surface area contributed by atoms with Gasteiger partial charge in [0.15, 0.2) is 0 Å². The molecule has 0 aliphatic carbocycles. The number of nitrogens with one attached hydrogen (secondary N) is 2. The number of hydrogen-bond acceptors (Lipinski definition) is 6. The molecule has 1 aromatic heterocycles. The minimum absolute atomic E-state index is 0.00511. The summed E-state index contributed by atoms with van der Waals surface area (Å²) >= 11 is 0. The second-order valence-corrected chi connectivity index (χ2v) is 9.67. The van der Waals surface area contributed by atoms with Crippen molar-refractivity contribution in [3.8, 4) is 0 Å². The van der Waals surface area contributed by atoms with Gasteiger partial charge >= 0.3 is 0 Å². The number of H-pyrrole nitrogens is 1. The Balaban J connectivity index is 1.76. The monoisotopic (exact) mass is 482 g/mol. The lowest BCUT2D eigenvalue weighted by Gasteiger charge is -2.19. The molecule has 0 unspecified atom stereocenters. The van der Waals surface area contributed by atoms with Crippen LogP contribution in [0.4, 0.5) is 5.69 Å². The van der Waals surface area contributed by atoms with Crippen molar-refractivity contribution in [1.82, 2.24) is 14.2 Å². The molecule has 34 heavy (non-hydrogen) atoms. The van der Waals surface area contributed by atoms with Crippen LogP contribution in [0.2, 0.25) is 0 Å². The molecule has 11 heteroatoms. The van der Waals surface area contributed by atoms with Gasteiger partial charge in [0.1, 0.15) is 0 Å². The zero-order valence-corrected chi connectivity index (χ0v) is 19.5. The van der Waals surface area contributed by atoms with Crippen molar-refractivity contribution in [3.05, 3.63) is 69.5 Å². The molecular weight excluding hydrogens is 460 g/mol. The quantitative estimate of drug-likeness (QED) is 0.516. The molecule has 2 N–H and O–H groups in total. The van der Waals surface area contributed by atoms with Gasteiger partial charge in [0.25, 0.3) is 17.7 Å². The maximum absolute atomic E-state index is 13.1. The van der Waals surface area contributed by atoms with Crippen LogP contribution in [-0.2, 0) is 10.0 Å². The first-order valence-corrected chi connectivity index (χ1v) is 12.0. The van der Waals surface area contributed by atoms with E-state index in [1.807, 2.05) is 0 Å². The van der Waals surface area contributed by atoms with E-state index in [-0.39, 0.29) is 45.7 Å². The molecular formula is C23H22N4O6S. The minimum atomic E-state index is -3.79. The van der Waals surface area contributed by atoms with Gasteiger partial charge in [-0.2, -0.15) is 4.31 Å². The molecule has 3 amide bonds. The first-order chi connectivity index (χ1) is 16.1. The molecule has 3 aromatic rings. The average molecular weight is 483 g/mol. The number of pyridine rings is 1. The van der Waals surface area contributed by atoms with Crippen molar-refractivity contribution < 1.29 is 22.8 Å².